The van der Waals surface area contributed by atoms with E-state index in [4.69, 9.17) is 5.11 Å². The zero-order valence-electron chi connectivity index (χ0n) is 10.1. The second kappa shape index (κ2) is 6.36. The van der Waals surface area contributed by atoms with Gasteiger partial charge in [0.05, 0.1) is 17.9 Å². The maximum atomic E-state index is 11.5. The van der Waals surface area contributed by atoms with Gasteiger partial charge in [-0.15, -0.1) is 0 Å². The lowest BCUT2D eigenvalue weighted by molar-refractivity contribution is 0.0696. The van der Waals surface area contributed by atoms with Gasteiger partial charge in [0.2, 0.25) is 0 Å². The zero-order valence-corrected chi connectivity index (χ0v) is 10.9. The molecule has 0 aliphatic carbocycles. The Kier molecular flexibility index (Phi) is 5.10. The minimum absolute atomic E-state index is 0.0693. The van der Waals surface area contributed by atoms with Crippen LogP contribution in [-0.2, 0) is 14.9 Å². The van der Waals surface area contributed by atoms with Crippen molar-refractivity contribution in [2.24, 2.45) is 0 Å². The number of hydrogen-bond acceptors (Lipinski definition) is 5. The molecule has 0 atom stereocenters. The quantitative estimate of drug-likeness (QED) is 0.413. The summed E-state index contributed by atoms with van der Waals surface area (Å²) in [5.74, 6) is -1.69. The molecule has 19 heavy (non-hydrogen) atoms. The van der Waals surface area contributed by atoms with Crippen LogP contribution in [0.25, 0.3) is 0 Å². The van der Waals surface area contributed by atoms with E-state index in [-0.39, 0.29) is 24.4 Å². The van der Waals surface area contributed by atoms with E-state index >= 15 is 0 Å². The second-order valence-electron chi connectivity index (χ2n) is 3.53. The average molecular weight is 290 g/mol. The molecule has 0 spiro atoms. The number of methoxy groups -OCH3 is 1. The summed E-state index contributed by atoms with van der Waals surface area (Å²) in [6, 6.07) is 3.29. The molecule has 0 unspecified atom stereocenters. The second-order valence-corrected chi connectivity index (χ2v) is 5.03. The maximum Gasteiger partial charge on any atom is 0.335 e. The van der Waals surface area contributed by atoms with Crippen LogP contribution in [0, 0.1) is 0 Å². The van der Waals surface area contributed by atoms with Crippen molar-refractivity contribution in [3.8, 4) is 5.75 Å². The number of benzene rings is 1. The molecule has 1 aromatic rings. The van der Waals surface area contributed by atoms with E-state index in [9.17, 15) is 18.3 Å². The number of anilines is 1. The van der Waals surface area contributed by atoms with Crippen LogP contribution in [0.1, 0.15) is 10.4 Å². The molecule has 9 heteroatoms. The van der Waals surface area contributed by atoms with E-state index in [1.165, 1.54) is 13.2 Å². The van der Waals surface area contributed by atoms with Crippen molar-refractivity contribution in [1.29, 1.82) is 0 Å². The standard InChI is InChI=1S/C10H14N2O6S/c1-18-5-4-11-19(16,17)12-8-3-2-7(10(14)15)6-9(8)13/h2-3,6,11-13H,4-5H2,1H3,(H,14,15). The highest BCUT2D eigenvalue weighted by molar-refractivity contribution is 7.90. The highest BCUT2D eigenvalue weighted by atomic mass is 32.2. The van der Waals surface area contributed by atoms with E-state index in [2.05, 4.69) is 14.2 Å². The molecular formula is C10H14N2O6S. The molecule has 0 heterocycles. The molecule has 1 aromatic carbocycles. The smallest absolute Gasteiger partial charge is 0.335 e. The minimum atomic E-state index is -3.85. The van der Waals surface area contributed by atoms with Gasteiger partial charge in [-0.3, -0.25) is 4.72 Å². The normalized spacial score (nSPS) is 11.2. The molecule has 1 rings (SSSR count). The molecule has 0 amide bonds. The first kappa shape index (κ1) is 15.2. The van der Waals surface area contributed by atoms with E-state index in [0.29, 0.717) is 0 Å². The summed E-state index contributed by atoms with van der Waals surface area (Å²) in [6.45, 7) is 0.269. The number of carboxylic acid groups (broad SMARTS) is 1. The van der Waals surface area contributed by atoms with Crippen LogP contribution >= 0.6 is 0 Å². The molecule has 0 bridgehead atoms. The van der Waals surface area contributed by atoms with Crippen molar-refractivity contribution in [2.75, 3.05) is 25.0 Å². The van der Waals surface area contributed by atoms with Crippen LogP contribution < -0.4 is 9.44 Å². The minimum Gasteiger partial charge on any atom is -0.506 e. The Balaban J connectivity index is 2.79. The van der Waals surface area contributed by atoms with Crippen LogP contribution in [0.4, 0.5) is 5.69 Å². The van der Waals surface area contributed by atoms with E-state index < -0.39 is 21.9 Å². The summed E-state index contributed by atoms with van der Waals surface area (Å²) in [7, 11) is -2.42. The molecule has 8 nitrogen and oxygen atoms in total. The fraction of sp³-hybridized carbons (Fsp3) is 0.300. The lowest BCUT2D eigenvalue weighted by Crippen LogP contribution is -2.32. The molecule has 0 radical (unpaired) electrons. The van der Waals surface area contributed by atoms with Gasteiger partial charge in [0.15, 0.2) is 0 Å². The Labute approximate surface area is 110 Å². The number of aromatic carboxylic acids is 1. The fourth-order valence-electron chi connectivity index (χ4n) is 1.21. The Hall–Kier alpha value is -1.84. The summed E-state index contributed by atoms with van der Waals surface area (Å²) in [5, 5.41) is 18.2. The van der Waals surface area contributed by atoms with E-state index in [1.807, 2.05) is 0 Å². The molecule has 0 fully saturated rings. The van der Waals surface area contributed by atoms with Crippen LogP contribution in [0.15, 0.2) is 18.2 Å². The summed E-state index contributed by atoms with van der Waals surface area (Å²) in [5.41, 5.74) is -0.261. The average Bonchev–Trinajstić information content (AvgIpc) is 2.31. The number of nitrogens with one attached hydrogen (secondary N) is 2. The lowest BCUT2D eigenvalue weighted by atomic mass is 10.2. The van der Waals surface area contributed by atoms with Crippen LogP contribution in [0.5, 0.6) is 5.75 Å². The molecule has 0 aromatic heterocycles. The third kappa shape index (κ3) is 4.73. The van der Waals surface area contributed by atoms with E-state index in [0.717, 1.165) is 12.1 Å². The first-order valence-electron chi connectivity index (χ1n) is 5.18. The third-order valence-corrected chi connectivity index (χ3v) is 3.16. The van der Waals surface area contributed by atoms with Crippen molar-refractivity contribution in [2.45, 2.75) is 0 Å². The molecule has 0 aliphatic rings. The van der Waals surface area contributed by atoms with Gasteiger partial charge in [-0.1, -0.05) is 0 Å². The van der Waals surface area contributed by atoms with Crippen LogP contribution in [-0.4, -0.2) is 44.9 Å². The number of rotatable bonds is 7. The first-order valence-corrected chi connectivity index (χ1v) is 6.66. The molecule has 106 valence electrons. The highest BCUT2D eigenvalue weighted by Crippen LogP contribution is 2.24. The summed E-state index contributed by atoms with van der Waals surface area (Å²) >= 11 is 0. The lowest BCUT2D eigenvalue weighted by Gasteiger charge is -2.10. The van der Waals surface area contributed by atoms with Crippen LogP contribution in [0.2, 0.25) is 0 Å². The Morgan fingerprint density at radius 3 is 2.63 bits per heavy atom. The predicted molar refractivity (Wildman–Crippen MR) is 67.5 cm³/mol. The largest absolute Gasteiger partial charge is 0.506 e. The number of ether oxygens (including phenoxy) is 1. The van der Waals surface area contributed by atoms with Gasteiger partial charge in [0.1, 0.15) is 5.75 Å². The summed E-state index contributed by atoms with van der Waals surface area (Å²) in [6.07, 6.45) is 0. The zero-order chi connectivity index (χ0) is 14.5. The summed E-state index contributed by atoms with van der Waals surface area (Å²) in [4.78, 5) is 10.6. The van der Waals surface area contributed by atoms with Gasteiger partial charge in [-0.05, 0) is 18.2 Å². The number of phenols is 1. The van der Waals surface area contributed by atoms with Gasteiger partial charge >= 0.3 is 5.97 Å². The Morgan fingerprint density at radius 1 is 1.42 bits per heavy atom. The van der Waals surface area contributed by atoms with Gasteiger partial charge in [-0.2, -0.15) is 13.1 Å². The van der Waals surface area contributed by atoms with Gasteiger partial charge in [0, 0.05) is 13.7 Å². The SMILES string of the molecule is COCCNS(=O)(=O)Nc1ccc(C(=O)O)cc1O. The molecule has 4 N–H and O–H groups in total. The molecule has 0 saturated heterocycles. The van der Waals surface area contributed by atoms with Gasteiger partial charge in [-0.25, -0.2) is 4.79 Å². The maximum absolute atomic E-state index is 11.5. The topological polar surface area (TPSA) is 125 Å². The third-order valence-electron chi connectivity index (χ3n) is 2.09. The first-order chi connectivity index (χ1) is 8.85. The number of hydrogen-bond donors (Lipinski definition) is 4. The Morgan fingerprint density at radius 2 is 2.11 bits per heavy atom. The number of carboxylic acids is 1. The molecule has 0 aliphatic heterocycles. The van der Waals surface area contributed by atoms with Crippen molar-refractivity contribution in [3.63, 3.8) is 0 Å². The Bertz CT molecular complexity index is 557. The monoisotopic (exact) mass is 290 g/mol. The number of aromatic hydroxyl groups is 1. The summed E-state index contributed by atoms with van der Waals surface area (Å²) < 4.78 is 32.0. The van der Waals surface area contributed by atoms with Crippen LogP contribution in [0.3, 0.4) is 0 Å². The van der Waals surface area contributed by atoms with Crippen molar-refractivity contribution in [1.82, 2.24) is 4.72 Å². The van der Waals surface area contributed by atoms with Gasteiger partial charge in [0.25, 0.3) is 10.2 Å². The predicted octanol–water partition coefficient (Wildman–Crippen LogP) is -0.0169. The molecular weight excluding hydrogens is 276 g/mol. The highest BCUT2D eigenvalue weighted by Gasteiger charge is 2.13. The fourth-order valence-corrected chi connectivity index (χ4v) is 2.10. The number of phenolic OH excluding ortho intramolecular Hbond substituents is 1. The van der Waals surface area contributed by atoms with E-state index in [1.54, 1.807) is 0 Å². The van der Waals surface area contributed by atoms with Gasteiger partial charge < -0.3 is 14.9 Å². The number of carbonyl (C=O) groups is 1. The van der Waals surface area contributed by atoms with Crippen molar-refractivity contribution in [3.05, 3.63) is 23.8 Å². The van der Waals surface area contributed by atoms with Crippen molar-refractivity contribution >= 4 is 21.9 Å². The molecule has 0 saturated carbocycles. The van der Waals surface area contributed by atoms with Crippen molar-refractivity contribution < 1.29 is 28.2 Å².